The SMILES string of the molecule is Cn1cnnc1CNc1cnc(N)cc1C(=O)O. The van der Waals surface area contributed by atoms with Crippen molar-refractivity contribution in [3.8, 4) is 0 Å². The highest BCUT2D eigenvalue weighted by Crippen LogP contribution is 2.17. The molecule has 0 saturated carbocycles. The lowest BCUT2D eigenvalue weighted by atomic mass is 10.2. The largest absolute Gasteiger partial charge is 0.478 e. The molecule has 0 aliphatic rings. The lowest BCUT2D eigenvalue weighted by Crippen LogP contribution is -2.10. The molecule has 0 saturated heterocycles. The summed E-state index contributed by atoms with van der Waals surface area (Å²) in [4.78, 5) is 14.9. The number of aromatic carboxylic acids is 1. The molecule has 0 aliphatic carbocycles. The summed E-state index contributed by atoms with van der Waals surface area (Å²) in [5.41, 5.74) is 5.91. The minimum atomic E-state index is -1.07. The molecule has 8 nitrogen and oxygen atoms in total. The molecule has 0 bridgehead atoms. The molecular weight excluding hydrogens is 236 g/mol. The number of nitrogens with two attached hydrogens (primary N) is 1. The smallest absolute Gasteiger partial charge is 0.337 e. The maximum atomic E-state index is 11.0. The molecule has 2 aromatic rings. The van der Waals surface area contributed by atoms with Crippen LogP contribution in [0.3, 0.4) is 0 Å². The summed E-state index contributed by atoms with van der Waals surface area (Å²) < 4.78 is 1.73. The predicted molar refractivity (Wildman–Crippen MR) is 63.9 cm³/mol. The second-order valence-corrected chi connectivity index (χ2v) is 3.67. The lowest BCUT2D eigenvalue weighted by Gasteiger charge is -2.09. The van der Waals surface area contributed by atoms with E-state index >= 15 is 0 Å². The summed E-state index contributed by atoms with van der Waals surface area (Å²) in [7, 11) is 1.80. The predicted octanol–water partition coefficient (Wildman–Crippen LogP) is 0.103. The molecule has 2 aromatic heterocycles. The van der Waals surface area contributed by atoms with E-state index in [0.717, 1.165) is 0 Å². The van der Waals surface area contributed by atoms with E-state index in [1.807, 2.05) is 0 Å². The average Bonchev–Trinajstić information content (AvgIpc) is 2.73. The van der Waals surface area contributed by atoms with Crippen LogP contribution >= 0.6 is 0 Å². The number of anilines is 2. The van der Waals surface area contributed by atoms with Gasteiger partial charge in [-0.05, 0) is 6.07 Å². The number of nitrogens with zero attached hydrogens (tertiary/aromatic N) is 4. The van der Waals surface area contributed by atoms with Gasteiger partial charge in [-0.2, -0.15) is 0 Å². The standard InChI is InChI=1S/C10H12N6O2/c1-16-5-14-15-9(16)4-12-7-3-13-8(11)2-6(7)10(17)18/h2-3,5,12H,4H2,1H3,(H2,11,13)(H,17,18). The van der Waals surface area contributed by atoms with Gasteiger partial charge in [-0.25, -0.2) is 9.78 Å². The molecule has 8 heteroatoms. The first-order valence-electron chi connectivity index (χ1n) is 5.13. The highest BCUT2D eigenvalue weighted by Gasteiger charge is 2.11. The van der Waals surface area contributed by atoms with Crippen LogP contribution in [-0.2, 0) is 13.6 Å². The van der Waals surface area contributed by atoms with E-state index in [0.29, 0.717) is 18.1 Å². The zero-order chi connectivity index (χ0) is 13.1. The third-order valence-corrected chi connectivity index (χ3v) is 2.40. The Hall–Kier alpha value is -2.64. The number of carbonyl (C=O) groups is 1. The van der Waals surface area contributed by atoms with Crippen LogP contribution in [-0.4, -0.2) is 30.8 Å². The number of hydrogen-bond donors (Lipinski definition) is 3. The molecule has 0 atom stereocenters. The Morgan fingerprint density at radius 3 is 3.00 bits per heavy atom. The molecule has 0 amide bonds. The molecule has 2 rings (SSSR count). The Labute approximate surface area is 102 Å². The summed E-state index contributed by atoms with van der Waals surface area (Å²) in [5, 5.41) is 19.6. The highest BCUT2D eigenvalue weighted by atomic mass is 16.4. The number of nitrogens with one attached hydrogen (secondary N) is 1. The molecule has 4 N–H and O–H groups in total. The molecule has 0 unspecified atom stereocenters. The Kier molecular flexibility index (Phi) is 3.09. The summed E-state index contributed by atoms with van der Waals surface area (Å²) >= 11 is 0. The quantitative estimate of drug-likeness (QED) is 0.702. The molecule has 18 heavy (non-hydrogen) atoms. The number of carboxylic acids is 1. The summed E-state index contributed by atoms with van der Waals surface area (Å²) in [5.74, 6) is -0.218. The summed E-state index contributed by atoms with van der Waals surface area (Å²) in [6, 6.07) is 1.31. The molecule has 94 valence electrons. The first-order chi connectivity index (χ1) is 8.58. The minimum Gasteiger partial charge on any atom is -0.478 e. The van der Waals surface area contributed by atoms with Crippen LogP contribution in [0.5, 0.6) is 0 Å². The second-order valence-electron chi connectivity index (χ2n) is 3.67. The van der Waals surface area contributed by atoms with Gasteiger partial charge in [0.15, 0.2) is 5.82 Å². The minimum absolute atomic E-state index is 0.0738. The zero-order valence-electron chi connectivity index (χ0n) is 9.66. The van der Waals surface area contributed by atoms with Crippen molar-refractivity contribution in [1.82, 2.24) is 19.7 Å². The van der Waals surface area contributed by atoms with E-state index in [1.165, 1.54) is 12.3 Å². The maximum Gasteiger partial charge on any atom is 0.337 e. The van der Waals surface area contributed by atoms with Gasteiger partial charge >= 0.3 is 5.97 Å². The number of pyridine rings is 1. The lowest BCUT2D eigenvalue weighted by molar-refractivity contribution is 0.0698. The van der Waals surface area contributed by atoms with Crippen molar-refractivity contribution in [2.45, 2.75) is 6.54 Å². The van der Waals surface area contributed by atoms with E-state index < -0.39 is 5.97 Å². The van der Waals surface area contributed by atoms with Gasteiger partial charge in [0.1, 0.15) is 12.1 Å². The number of aromatic nitrogens is 4. The number of aryl methyl sites for hydroxylation is 1. The van der Waals surface area contributed by atoms with Gasteiger partial charge < -0.3 is 20.7 Å². The van der Waals surface area contributed by atoms with E-state index in [4.69, 9.17) is 10.8 Å². The molecule has 2 heterocycles. The van der Waals surface area contributed by atoms with Gasteiger partial charge in [0.2, 0.25) is 0 Å². The van der Waals surface area contributed by atoms with E-state index in [9.17, 15) is 4.79 Å². The van der Waals surface area contributed by atoms with Crippen LogP contribution in [0.25, 0.3) is 0 Å². The third-order valence-electron chi connectivity index (χ3n) is 2.40. The Bertz CT molecular complexity index is 579. The van der Waals surface area contributed by atoms with Crippen LogP contribution in [0, 0.1) is 0 Å². The van der Waals surface area contributed by atoms with Crippen molar-refractivity contribution < 1.29 is 9.90 Å². The first-order valence-corrected chi connectivity index (χ1v) is 5.13. The monoisotopic (exact) mass is 248 g/mol. The van der Waals surface area contributed by atoms with Crippen molar-refractivity contribution in [3.63, 3.8) is 0 Å². The third kappa shape index (κ3) is 2.37. The Morgan fingerprint density at radius 2 is 2.39 bits per heavy atom. The highest BCUT2D eigenvalue weighted by molar-refractivity contribution is 5.94. The van der Waals surface area contributed by atoms with E-state index in [1.54, 1.807) is 17.9 Å². The fraction of sp³-hybridized carbons (Fsp3) is 0.200. The van der Waals surface area contributed by atoms with Gasteiger partial charge in [0, 0.05) is 7.05 Å². The van der Waals surface area contributed by atoms with E-state index in [-0.39, 0.29) is 11.4 Å². The number of hydrogen-bond acceptors (Lipinski definition) is 6. The van der Waals surface area contributed by atoms with Crippen LogP contribution in [0.4, 0.5) is 11.5 Å². The van der Waals surface area contributed by atoms with Gasteiger partial charge in [-0.3, -0.25) is 0 Å². The van der Waals surface area contributed by atoms with Crippen LogP contribution in [0.1, 0.15) is 16.2 Å². The van der Waals surface area contributed by atoms with Gasteiger partial charge in [-0.1, -0.05) is 0 Å². The fourth-order valence-corrected chi connectivity index (χ4v) is 1.43. The average molecular weight is 248 g/mol. The van der Waals surface area contributed by atoms with Crippen molar-refractivity contribution >= 4 is 17.5 Å². The fourth-order valence-electron chi connectivity index (χ4n) is 1.43. The maximum absolute atomic E-state index is 11.0. The van der Waals surface area contributed by atoms with Crippen molar-refractivity contribution in [1.29, 1.82) is 0 Å². The normalized spacial score (nSPS) is 10.3. The number of rotatable bonds is 4. The first kappa shape index (κ1) is 11.8. The Balaban J connectivity index is 2.19. The van der Waals surface area contributed by atoms with Crippen LogP contribution in [0.2, 0.25) is 0 Å². The zero-order valence-corrected chi connectivity index (χ0v) is 9.66. The molecule has 0 spiro atoms. The molecule has 0 fully saturated rings. The summed E-state index contributed by atoms with van der Waals surface area (Å²) in [6.07, 6.45) is 2.95. The molecular formula is C10H12N6O2. The van der Waals surface area contributed by atoms with Gasteiger partial charge in [0.05, 0.1) is 24.0 Å². The van der Waals surface area contributed by atoms with Gasteiger partial charge in [0.25, 0.3) is 0 Å². The Morgan fingerprint density at radius 1 is 1.61 bits per heavy atom. The summed E-state index contributed by atoms with van der Waals surface area (Å²) in [6.45, 7) is 0.350. The second kappa shape index (κ2) is 4.70. The van der Waals surface area contributed by atoms with Crippen molar-refractivity contribution in [2.75, 3.05) is 11.1 Å². The number of nitrogen functional groups attached to an aromatic ring is 1. The molecule has 0 radical (unpaired) electrons. The van der Waals surface area contributed by atoms with Crippen LogP contribution < -0.4 is 11.1 Å². The van der Waals surface area contributed by atoms with Crippen molar-refractivity contribution in [3.05, 3.63) is 30.0 Å². The molecule has 0 aliphatic heterocycles. The topological polar surface area (TPSA) is 119 Å². The molecule has 0 aromatic carbocycles. The van der Waals surface area contributed by atoms with Gasteiger partial charge in [-0.15, -0.1) is 10.2 Å². The van der Waals surface area contributed by atoms with Crippen molar-refractivity contribution in [2.24, 2.45) is 7.05 Å². The number of carboxylic acid groups (broad SMARTS) is 1. The van der Waals surface area contributed by atoms with Crippen LogP contribution in [0.15, 0.2) is 18.6 Å². The van der Waals surface area contributed by atoms with E-state index in [2.05, 4.69) is 20.5 Å².